The number of hydrogen-bond donors (Lipinski definition) is 1. The van der Waals surface area contributed by atoms with Gasteiger partial charge in [-0.3, -0.25) is 9.48 Å². The summed E-state index contributed by atoms with van der Waals surface area (Å²) in [5, 5.41) is 13.8. The van der Waals surface area contributed by atoms with E-state index >= 15 is 0 Å². The summed E-state index contributed by atoms with van der Waals surface area (Å²) in [5.41, 5.74) is 2.57. The van der Waals surface area contributed by atoms with Gasteiger partial charge in [0.25, 0.3) is 6.43 Å². The highest BCUT2D eigenvalue weighted by Gasteiger charge is 2.21. The van der Waals surface area contributed by atoms with Crippen molar-refractivity contribution in [2.45, 2.75) is 40.3 Å². The van der Waals surface area contributed by atoms with Gasteiger partial charge in [-0.2, -0.15) is 10.2 Å². The molecule has 0 aliphatic carbocycles. The van der Waals surface area contributed by atoms with Crippen LogP contribution in [0.25, 0.3) is 22.3 Å². The molecule has 0 aliphatic heterocycles. The number of rotatable bonds is 6. The minimum atomic E-state index is -2.65. The van der Waals surface area contributed by atoms with Crippen LogP contribution in [0.3, 0.4) is 0 Å². The Balaban J connectivity index is 1.54. The Kier molecular flexibility index (Phi) is 5.29. The monoisotopic (exact) mass is 431 g/mol. The molecule has 0 fully saturated rings. The molecule has 4 aromatic rings. The molecular weight excluding hydrogens is 412 g/mol. The van der Waals surface area contributed by atoms with Gasteiger partial charge in [0.05, 0.1) is 23.0 Å². The van der Waals surface area contributed by atoms with Crippen molar-refractivity contribution < 1.29 is 13.6 Å². The first-order chi connectivity index (χ1) is 14.4. The molecule has 156 valence electrons. The molecule has 0 bridgehead atoms. The lowest BCUT2D eigenvalue weighted by Crippen LogP contribution is -2.19. The summed E-state index contributed by atoms with van der Waals surface area (Å²) in [5.74, 6) is -0.369. The number of nitrogens with one attached hydrogen (secondary N) is 1. The van der Waals surface area contributed by atoms with Crippen LogP contribution in [0.15, 0.2) is 23.8 Å². The van der Waals surface area contributed by atoms with Gasteiger partial charge in [-0.15, -0.1) is 11.3 Å². The predicted molar refractivity (Wildman–Crippen MR) is 110 cm³/mol. The van der Waals surface area contributed by atoms with E-state index in [1.165, 1.54) is 22.1 Å². The fourth-order valence-electron chi connectivity index (χ4n) is 3.23. The highest BCUT2D eigenvalue weighted by Crippen LogP contribution is 2.30. The maximum Gasteiger partial charge on any atom is 0.264 e. The lowest BCUT2D eigenvalue weighted by Gasteiger charge is -2.06. The van der Waals surface area contributed by atoms with Gasteiger partial charge in [0, 0.05) is 34.9 Å². The maximum absolute atomic E-state index is 13.4. The van der Waals surface area contributed by atoms with Crippen molar-refractivity contribution in [2.75, 3.05) is 5.32 Å². The molecular formula is C19H19F2N7OS. The third kappa shape index (κ3) is 3.80. The van der Waals surface area contributed by atoms with Crippen LogP contribution in [-0.4, -0.2) is 35.4 Å². The van der Waals surface area contributed by atoms with Crippen LogP contribution in [0, 0.1) is 13.8 Å². The second-order valence-electron chi connectivity index (χ2n) is 6.77. The van der Waals surface area contributed by atoms with Gasteiger partial charge in [0.1, 0.15) is 6.54 Å². The molecule has 4 aromatic heterocycles. The van der Waals surface area contributed by atoms with Gasteiger partial charge in [-0.1, -0.05) is 0 Å². The van der Waals surface area contributed by atoms with Crippen LogP contribution in [0.2, 0.25) is 0 Å². The van der Waals surface area contributed by atoms with Crippen molar-refractivity contribution in [1.82, 2.24) is 29.5 Å². The molecule has 8 nitrogen and oxygen atoms in total. The van der Waals surface area contributed by atoms with Crippen molar-refractivity contribution >= 4 is 33.4 Å². The van der Waals surface area contributed by atoms with Crippen LogP contribution in [0.5, 0.6) is 0 Å². The van der Waals surface area contributed by atoms with Gasteiger partial charge in [0.15, 0.2) is 10.8 Å². The molecule has 11 heteroatoms. The predicted octanol–water partition coefficient (Wildman–Crippen LogP) is 3.96. The number of pyridine rings is 1. The number of hydrogen-bond acceptors (Lipinski definition) is 6. The van der Waals surface area contributed by atoms with E-state index in [9.17, 15) is 13.6 Å². The summed E-state index contributed by atoms with van der Waals surface area (Å²) in [7, 11) is 0. The molecule has 0 aliphatic rings. The molecule has 4 heterocycles. The molecule has 1 amide bonds. The number of aromatic nitrogens is 6. The standard InChI is InChI=1S/C19H19F2N7OS/c1-4-27-7-12(6-22-27)14-9-30-19(24-14)25-15(29)8-28-18-16(11(3)26-28)13(17(20)21)5-10(2)23-18/h5-7,9,17H,4,8H2,1-3H3,(H,24,25,29). The molecule has 0 saturated heterocycles. The average Bonchev–Trinajstić information content (AvgIpc) is 3.41. The number of fused-ring (bicyclic) bond motifs is 1. The third-order valence-corrected chi connectivity index (χ3v) is 5.33. The topological polar surface area (TPSA) is 90.5 Å². The molecule has 30 heavy (non-hydrogen) atoms. The Labute approximate surface area is 174 Å². The minimum absolute atomic E-state index is 0.126. The molecule has 4 rings (SSSR count). The second-order valence-corrected chi connectivity index (χ2v) is 7.62. The molecule has 0 atom stereocenters. The van der Waals surface area contributed by atoms with Gasteiger partial charge >= 0.3 is 0 Å². The fraction of sp³-hybridized carbons (Fsp3) is 0.316. The van der Waals surface area contributed by atoms with E-state index in [1.807, 2.05) is 18.5 Å². The first-order valence-corrected chi connectivity index (χ1v) is 10.1. The van der Waals surface area contributed by atoms with Gasteiger partial charge in [-0.05, 0) is 26.8 Å². The summed E-state index contributed by atoms with van der Waals surface area (Å²) in [4.78, 5) is 21.3. The number of alkyl halides is 2. The molecule has 0 unspecified atom stereocenters. The molecule has 0 radical (unpaired) electrons. The number of amides is 1. The Morgan fingerprint density at radius 3 is 2.80 bits per heavy atom. The maximum atomic E-state index is 13.4. The van der Waals surface area contributed by atoms with Crippen LogP contribution in [0.1, 0.15) is 30.3 Å². The third-order valence-electron chi connectivity index (χ3n) is 4.57. The summed E-state index contributed by atoms with van der Waals surface area (Å²) in [6, 6.07) is 1.35. The van der Waals surface area contributed by atoms with Gasteiger partial charge in [0.2, 0.25) is 5.91 Å². The smallest absolute Gasteiger partial charge is 0.264 e. The lowest BCUT2D eigenvalue weighted by atomic mass is 10.1. The van der Waals surface area contributed by atoms with Gasteiger partial charge in [-0.25, -0.2) is 23.4 Å². The lowest BCUT2D eigenvalue weighted by molar-refractivity contribution is -0.116. The number of carbonyl (C=O) groups is 1. The zero-order valence-corrected chi connectivity index (χ0v) is 17.4. The van der Waals surface area contributed by atoms with Crippen molar-refractivity contribution in [3.63, 3.8) is 0 Å². The highest BCUT2D eigenvalue weighted by atomic mass is 32.1. The van der Waals surface area contributed by atoms with Crippen molar-refractivity contribution in [1.29, 1.82) is 0 Å². The Morgan fingerprint density at radius 2 is 2.10 bits per heavy atom. The number of aryl methyl sites for hydroxylation is 3. The van der Waals surface area contributed by atoms with E-state index in [0.29, 0.717) is 22.2 Å². The molecule has 0 aromatic carbocycles. The van der Waals surface area contributed by atoms with Crippen LogP contribution >= 0.6 is 11.3 Å². The number of anilines is 1. The number of carbonyl (C=O) groups excluding carboxylic acids is 1. The summed E-state index contributed by atoms with van der Waals surface area (Å²) >= 11 is 1.29. The molecule has 0 spiro atoms. The largest absolute Gasteiger partial charge is 0.300 e. The second kappa shape index (κ2) is 7.90. The van der Waals surface area contributed by atoms with E-state index in [2.05, 4.69) is 25.5 Å². The van der Waals surface area contributed by atoms with E-state index in [4.69, 9.17) is 0 Å². The summed E-state index contributed by atoms with van der Waals surface area (Å²) in [6.45, 7) is 5.85. The average molecular weight is 431 g/mol. The highest BCUT2D eigenvalue weighted by molar-refractivity contribution is 7.14. The number of thiazole rings is 1. The molecule has 1 N–H and O–H groups in total. The first kappa shape index (κ1) is 20.1. The number of nitrogens with zero attached hydrogens (tertiary/aromatic N) is 6. The zero-order valence-electron chi connectivity index (χ0n) is 16.6. The summed E-state index contributed by atoms with van der Waals surface area (Å²) < 4.78 is 30.0. The van der Waals surface area contributed by atoms with Crippen molar-refractivity contribution in [3.05, 3.63) is 40.8 Å². The first-order valence-electron chi connectivity index (χ1n) is 9.26. The van der Waals surface area contributed by atoms with E-state index < -0.39 is 6.43 Å². The van der Waals surface area contributed by atoms with Crippen molar-refractivity contribution in [2.24, 2.45) is 0 Å². The quantitative estimate of drug-likeness (QED) is 0.499. The Bertz CT molecular complexity index is 1230. The summed E-state index contributed by atoms with van der Waals surface area (Å²) in [6.07, 6.45) is 0.955. The van der Waals surface area contributed by atoms with Crippen LogP contribution in [-0.2, 0) is 17.9 Å². The SMILES string of the molecule is CCn1cc(-c2csc(NC(=O)Cn3nc(C)c4c(C(F)F)cc(C)nc43)n2)cn1. The minimum Gasteiger partial charge on any atom is -0.300 e. The zero-order chi connectivity index (χ0) is 21.4. The van der Waals surface area contributed by atoms with E-state index in [0.717, 1.165) is 12.1 Å². The van der Waals surface area contributed by atoms with E-state index in [-0.39, 0.29) is 29.0 Å². The Hall–Kier alpha value is -3.21. The van der Waals surface area contributed by atoms with Crippen LogP contribution < -0.4 is 5.32 Å². The van der Waals surface area contributed by atoms with E-state index in [1.54, 1.807) is 24.7 Å². The van der Waals surface area contributed by atoms with Crippen molar-refractivity contribution in [3.8, 4) is 11.3 Å². The normalized spacial score (nSPS) is 11.5. The van der Waals surface area contributed by atoms with Crippen LogP contribution in [0.4, 0.5) is 13.9 Å². The molecule has 0 saturated carbocycles. The number of halogens is 2. The Morgan fingerprint density at radius 1 is 1.30 bits per heavy atom. The van der Waals surface area contributed by atoms with Gasteiger partial charge < -0.3 is 5.32 Å². The fourth-order valence-corrected chi connectivity index (χ4v) is 3.96.